The molecule has 1 aliphatic carbocycles. The standard InChI is InChI=1S/C13H26FN/c1-2-4-12-5-7-13(8-6-12)11-15-10-3-9-14/h12-13,15H,2-11H2,1H3. The normalized spacial score (nSPS) is 26.8. The molecule has 0 aromatic carbocycles. The highest BCUT2D eigenvalue weighted by Gasteiger charge is 2.19. The predicted molar refractivity (Wildman–Crippen MR) is 63.8 cm³/mol. The molecule has 0 saturated heterocycles. The van der Waals surface area contributed by atoms with E-state index in [4.69, 9.17) is 0 Å². The van der Waals surface area contributed by atoms with Crippen LogP contribution in [0.15, 0.2) is 0 Å². The number of hydrogen-bond acceptors (Lipinski definition) is 1. The van der Waals surface area contributed by atoms with Gasteiger partial charge in [-0.3, -0.25) is 4.39 Å². The minimum Gasteiger partial charge on any atom is -0.316 e. The maximum atomic E-state index is 11.9. The molecule has 0 atom stereocenters. The summed E-state index contributed by atoms with van der Waals surface area (Å²) in [6, 6.07) is 0. The van der Waals surface area contributed by atoms with E-state index in [1.807, 2.05) is 0 Å². The van der Waals surface area contributed by atoms with E-state index >= 15 is 0 Å². The fourth-order valence-corrected chi connectivity index (χ4v) is 2.63. The van der Waals surface area contributed by atoms with E-state index in [-0.39, 0.29) is 6.67 Å². The fraction of sp³-hybridized carbons (Fsp3) is 1.00. The Morgan fingerprint density at radius 2 is 1.80 bits per heavy atom. The maximum Gasteiger partial charge on any atom is 0.0906 e. The third kappa shape index (κ3) is 5.50. The van der Waals surface area contributed by atoms with E-state index < -0.39 is 0 Å². The van der Waals surface area contributed by atoms with Gasteiger partial charge in [0.1, 0.15) is 0 Å². The zero-order chi connectivity index (χ0) is 10.9. The summed E-state index contributed by atoms with van der Waals surface area (Å²) in [6.07, 6.45) is 9.03. The van der Waals surface area contributed by atoms with Gasteiger partial charge in [-0.05, 0) is 44.2 Å². The Bertz CT molecular complexity index is 139. The van der Waals surface area contributed by atoms with E-state index in [1.165, 1.54) is 38.5 Å². The topological polar surface area (TPSA) is 12.0 Å². The molecule has 1 aliphatic rings. The summed E-state index contributed by atoms with van der Waals surface area (Å²) in [5, 5.41) is 3.36. The molecule has 0 aromatic heterocycles. The summed E-state index contributed by atoms with van der Waals surface area (Å²) in [4.78, 5) is 0. The third-order valence-electron chi connectivity index (χ3n) is 3.58. The highest BCUT2D eigenvalue weighted by atomic mass is 19.1. The van der Waals surface area contributed by atoms with Gasteiger partial charge in [-0.25, -0.2) is 0 Å². The molecule has 1 fully saturated rings. The van der Waals surface area contributed by atoms with Gasteiger partial charge in [0.15, 0.2) is 0 Å². The molecule has 0 heterocycles. The van der Waals surface area contributed by atoms with Crippen molar-refractivity contribution in [3.8, 4) is 0 Å². The molecule has 0 bridgehead atoms. The third-order valence-corrected chi connectivity index (χ3v) is 3.58. The van der Waals surface area contributed by atoms with Crippen LogP contribution < -0.4 is 5.32 Å². The van der Waals surface area contributed by atoms with Gasteiger partial charge in [0, 0.05) is 0 Å². The van der Waals surface area contributed by atoms with Gasteiger partial charge in [0.05, 0.1) is 6.67 Å². The predicted octanol–water partition coefficient (Wildman–Crippen LogP) is 3.54. The molecule has 1 rings (SSSR count). The van der Waals surface area contributed by atoms with Gasteiger partial charge >= 0.3 is 0 Å². The second-order valence-corrected chi connectivity index (χ2v) is 4.92. The molecule has 1 N–H and O–H groups in total. The van der Waals surface area contributed by atoms with Crippen LogP contribution in [0.3, 0.4) is 0 Å². The average Bonchev–Trinajstić information content (AvgIpc) is 2.27. The van der Waals surface area contributed by atoms with Crippen molar-refractivity contribution < 1.29 is 4.39 Å². The zero-order valence-corrected chi connectivity index (χ0v) is 10.1. The van der Waals surface area contributed by atoms with E-state index in [0.29, 0.717) is 6.42 Å². The molecule has 15 heavy (non-hydrogen) atoms. The van der Waals surface area contributed by atoms with Gasteiger partial charge < -0.3 is 5.32 Å². The number of nitrogens with one attached hydrogen (secondary N) is 1. The Kier molecular flexibility index (Phi) is 6.99. The van der Waals surface area contributed by atoms with Crippen molar-refractivity contribution in [1.29, 1.82) is 0 Å². The Morgan fingerprint density at radius 3 is 2.40 bits per heavy atom. The first kappa shape index (κ1) is 13.0. The minimum atomic E-state index is -0.184. The molecule has 0 aromatic rings. The lowest BCUT2D eigenvalue weighted by Gasteiger charge is -2.28. The summed E-state index contributed by atoms with van der Waals surface area (Å²) in [5.41, 5.74) is 0. The Morgan fingerprint density at radius 1 is 1.13 bits per heavy atom. The first-order valence-electron chi connectivity index (χ1n) is 6.63. The van der Waals surface area contributed by atoms with E-state index in [0.717, 1.165) is 24.9 Å². The lowest BCUT2D eigenvalue weighted by Crippen LogP contribution is -2.27. The molecule has 0 aliphatic heterocycles. The van der Waals surface area contributed by atoms with Crippen molar-refractivity contribution in [3.05, 3.63) is 0 Å². The van der Waals surface area contributed by atoms with Crippen molar-refractivity contribution in [1.82, 2.24) is 5.32 Å². The average molecular weight is 215 g/mol. The van der Waals surface area contributed by atoms with Crippen LogP contribution in [0.4, 0.5) is 4.39 Å². The minimum absolute atomic E-state index is 0.184. The molecular weight excluding hydrogens is 189 g/mol. The summed E-state index contributed by atoms with van der Waals surface area (Å²) in [5.74, 6) is 1.86. The maximum absolute atomic E-state index is 11.9. The van der Waals surface area contributed by atoms with E-state index in [9.17, 15) is 4.39 Å². The van der Waals surface area contributed by atoms with Gasteiger partial charge in [-0.1, -0.05) is 32.6 Å². The van der Waals surface area contributed by atoms with Crippen molar-refractivity contribution >= 4 is 0 Å². The quantitative estimate of drug-likeness (QED) is 0.640. The molecular formula is C13H26FN. The molecule has 1 saturated carbocycles. The molecule has 0 amide bonds. The first-order valence-corrected chi connectivity index (χ1v) is 6.63. The lowest BCUT2D eigenvalue weighted by atomic mass is 9.80. The monoisotopic (exact) mass is 215 g/mol. The molecule has 0 unspecified atom stereocenters. The summed E-state index contributed by atoms with van der Waals surface area (Å²) in [6.45, 7) is 4.06. The SMILES string of the molecule is CCCC1CCC(CNCCCF)CC1. The Labute approximate surface area is 93.8 Å². The van der Waals surface area contributed by atoms with Crippen molar-refractivity contribution in [2.24, 2.45) is 11.8 Å². The lowest BCUT2D eigenvalue weighted by molar-refractivity contribution is 0.255. The molecule has 2 heteroatoms. The number of rotatable bonds is 7. The van der Waals surface area contributed by atoms with Crippen molar-refractivity contribution in [2.45, 2.75) is 51.9 Å². The highest BCUT2D eigenvalue weighted by Crippen LogP contribution is 2.30. The van der Waals surface area contributed by atoms with Crippen LogP contribution in [0.2, 0.25) is 0 Å². The molecule has 0 spiro atoms. The molecule has 90 valence electrons. The Balaban J connectivity index is 1.99. The van der Waals surface area contributed by atoms with Crippen LogP contribution in [-0.2, 0) is 0 Å². The van der Waals surface area contributed by atoms with Gasteiger partial charge in [0.25, 0.3) is 0 Å². The van der Waals surface area contributed by atoms with Gasteiger partial charge in [0.2, 0.25) is 0 Å². The largest absolute Gasteiger partial charge is 0.316 e. The number of halogens is 1. The number of alkyl halides is 1. The first-order chi connectivity index (χ1) is 7.36. The van der Waals surface area contributed by atoms with E-state index in [1.54, 1.807) is 0 Å². The summed E-state index contributed by atoms with van der Waals surface area (Å²) >= 11 is 0. The second-order valence-electron chi connectivity index (χ2n) is 4.92. The molecule has 0 radical (unpaired) electrons. The smallest absolute Gasteiger partial charge is 0.0906 e. The van der Waals surface area contributed by atoms with Crippen molar-refractivity contribution in [2.75, 3.05) is 19.8 Å². The number of hydrogen-bond donors (Lipinski definition) is 1. The fourth-order valence-electron chi connectivity index (χ4n) is 2.63. The van der Waals surface area contributed by atoms with Gasteiger partial charge in [-0.15, -0.1) is 0 Å². The molecule has 1 nitrogen and oxygen atoms in total. The van der Waals surface area contributed by atoms with E-state index in [2.05, 4.69) is 12.2 Å². The van der Waals surface area contributed by atoms with Crippen LogP contribution >= 0.6 is 0 Å². The van der Waals surface area contributed by atoms with Crippen LogP contribution in [0.1, 0.15) is 51.9 Å². The Hall–Kier alpha value is -0.110. The highest BCUT2D eigenvalue weighted by molar-refractivity contribution is 4.73. The summed E-state index contributed by atoms with van der Waals surface area (Å²) in [7, 11) is 0. The van der Waals surface area contributed by atoms with Crippen LogP contribution in [0, 0.1) is 11.8 Å². The zero-order valence-electron chi connectivity index (χ0n) is 10.1. The van der Waals surface area contributed by atoms with Crippen molar-refractivity contribution in [3.63, 3.8) is 0 Å². The van der Waals surface area contributed by atoms with Crippen LogP contribution in [-0.4, -0.2) is 19.8 Å². The van der Waals surface area contributed by atoms with Gasteiger partial charge in [-0.2, -0.15) is 0 Å². The van der Waals surface area contributed by atoms with Crippen LogP contribution in [0.25, 0.3) is 0 Å². The summed E-state index contributed by atoms with van der Waals surface area (Å²) < 4.78 is 11.9. The van der Waals surface area contributed by atoms with Crippen LogP contribution in [0.5, 0.6) is 0 Å². The second kappa shape index (κ2) is 8.09.